The van der Waals surface area contributed by atoms with E-state index in [4.69, 9.17) is 0 Å². The average Bonchev–Trinajstić information content (AvgIpc) is 2.89. The summed E-state index contributed by atoms with van der Waals surface area (Å²) in [4.78, 5) is 8.90. The van der Waals surface area contributed by atoms with Gasteiger partial charge in [0.15, 0.2) is 5.65 Å². The number of hydrogen-bond acceptors (Lipinski definition) is 3. The standard InChI is InChI=1S/C14H17N3/c1-2-12-4-6-13(17-14(12)16-8-1)5-3-11-7-9-15-10-11/h1-2,4,6,8,11,15H,3,5,7,9-10H2. The maximum absolute atomic E-state index is 4.60. The number of pyridine rings is 2. The van der Waals surface area contributed by atoms with Gasteiger partial charge in [0.2, 0.25) is 0 Å². The highest BCUT2D eigenvalue weighted by Gasteiger charge is 2.14. The van der Waals surface area contributed by atoms with Crippen molar-refractivity contribution in [1.82, 2.24) is 15.3 Å². The van der Waals surface area contributed by atoms with Crippen LogP contribution in [-0.2, 0) is 6.42 Å². The van der Waals surface area contributed by atoms with Crippen LogP contribution in [0.25, 0.3) is 11.0 Å². The van der Waals surface area contributed by atoms with Gasteiger partial charge in [0.05, 0.1) is 0 Å². The molecule has 88 valence electrons. The molecule has 0 aromatic carbocycles. The van der Waals surface area contributed by atoms with E-state index in [1.807, 2.05) is 6.07 Å². The van der Waals surface area contributed by atoms with Crippen molar-refractivity contribution in [3.05, 3.63) is 36.2 Å². The van der Waals surface area contributed by atoms with Gasteiger partial charge in [0, 0.05) is 17.3 Å². The van der Waals surface area contributed by atoms with Crippen molar-refractivity contribution in [2.75, 3.05) is 13.1 Å². The maximum Gasteiger partial charge on any atom is 0.159 e. The molecule has 0 amide bonds. The minimum Gasteiger partial charge on any atom is -0.316 e. The average molecular weight is 227 g/mol. The van der Waals surface area contributed by atoms with Crippen molar-refractivity contribution in [1.29, 1.82) is 0 Å². The van der Waals surface area contributed by atoms with Crippen LogP contribution in [0.5, 0.6) is 0 Å². The molecule has 0 spiro atoms. The number of hydrogen-bond donors (Lipinski definition) is 1. The number of nitrogens with one attached hydrogen (secondary N) is 1. The predicted octanol–water partition coefficient (Wildman–Crippen LogP) is 2.17. The third-order valence-electron chi connectivity index (χ3n) is 3.49. The van der Waals surface area contributed by atoms with Gasteiger partial charge in [0.25, 0.3) is 0 Å². The summed E-state index contributed by atoms with van der Waals surface area (Å²) in [7, 11) is 0. The summed E-state index contributed by atoms with van der Waals surface area (Å²) in [5.74, 6) is 0.830. The number of nitrogens with zero attached hydrogens (tertiary/aromatic N) is 2. The van der Waals surface area contributed by atoms with Gasteiger partial charge in [-0.2, -0.15) is 0 Å². The first-order valence-corrected chi connectivity index (χ1v) is 6.33. The summed E-state index contributed by atoms with van der Waals surface area (Å²) in [5, 5.41) is 4.53. The quantitative estimate of drug-likeness (QED) is 0.873. The van der Waals surface area contributed by atoms with Gasteiger partial charge in [-0.25, -0.2) is 9.97 Å². The normalized spacial score (nSPS) is 19.9. The van der Waals surface area contributed by atoms with Crippen LogP contribution in [0.2, 0.25) is 0 Å². The first-order valence-electron chi connectivity index (χ1n) is 6.33. The Morgan fingerprint density at radius 2 is 2.29 bits per heavy atom. The number of aryl methyl sites for hydroxylation is 1. The van der Waals surface area contributed by atoms with E-state index in [0.29, 0.717) is 0 Å². The Labute approximate surface area is 101 Å². The fraction of sp³-hybridized carbons (Fsp3) is 0.429. The smallest absolute Gasteiger partial charge is 0.159 e. The first-order chi connectivity index (χ1) is 8.42. The van der Waals surface area contributed by atoms with Crippen LogP contribution < -0.4 is 5.32 Å². The molecule has 2 aromatic rings. The van der Waals surface area contributed by atoms with Gasteiger partial charge in [-0.1, -0.05) is 0 Å². The Bertz CT molecular complexity index is 504. The lowest BCUT2D eigenvalue weighted by Crippen LogP contribution is -2.09. The molecule has 2 aromatic heterocycles. The Kier molecular flexibility index (Phi) is 3.01. The zero-order valence-electron chi connectivity index (χ0n) is 9.89. The maximum atomic E-state index is 4.60. The molecule has 0 aliphatic carbocycles. The molecular weight excluding hydrogens is 210 g/mol. The molecule has 3 heterocycles. The third-order valence-corrected chi connectivity index (χ3v) is 3.49. The topological polar surface area (TPSA) is 37.8 Å². The molecular formula is C14H17N3. The van der Waals surface area contributed by atoms with E-state index in [1.54, 1.807) is 6.20 Å². The largest absolute Gasteiger partial charge is 0.316 e. The van der Waals surface area contributed by atoms with E-state index in [2.05, 4.69) is 33.5 Å². The summed E-state index contributed by atoms with van der Waals surface area (Å²) < 4.78 is 0. The second kappa shape index (κ2) is 4.80. The highest BCUT2D eigenvalue weighted by Crippen LogP contribution is 2.16. The zero-order valence-corrected chi connectivity index (χ0v) is 9.89. The van der Waals surface area contributed by atoms with E-state index in [0.717, 1.165) is 23.4 Å². The lowest BCUT2D eigenvalue weighted by atomic mass is 10.0. The van der Waals surface area contributed by atoms with Crippen LogP contribution in [-0.4, -0.2) is 23.1 Å². The van der Waals surface area contributed by atoms with Gasteiger partial charge >= 0.3 is 0 Å². The summed E-state index contributed by atoms with van der Waals surface area (Å²) in [5.41, 5.74) is 2.04. The van der Waals surface area contributed by atoms with Crippen molar-refractivity contribution in [3.63, 3.8) is 0 Å². The van der Waals surface area contributed by atoms with Gasteiger partial charge in [0.1, 0.15) is 0 Å². The van der Waals surface area contributed by atoms with E-state index in [1.165, 1.54) is 31.6 Å². The molecule has 0 radical (unpaired) electrons. The summed E-state index contributed by atoms with van der Waals surface area (Å²) in [6.07, 6.45) is 5.42. The van der Waals surface area contributed by atoms with Crippen LogP contribution in [0.15, 0.2) is 30.5 Å². The van der Waals surface area contributed by atoms with Crippen molar-refractivity contribution in [3.8, 4) is 0 Å². The monoisotopic (exact) mass is 227 g/mol. The van der Waals surface area contributed by atoms with E-state index in [9.17, 15) is 0 Å². The molecule has 1 fully saturated rings. The van der Waals surface area contributed by atoms with Crippen LogP contribution in [0.1, 0.15) is 18.5 Å². The molecule has 3 heteroatoms. The van der Waals surface area contributed by atoms with Crippen LogP contribution in [0.3, 0.4) is 0 Å². The highest BCUT2D eigenvalue weighted by molar-refractivity contribution is 5.74. The summed E-state index contributed by atoms with van der Waals surface area (Å²) in [6, 6.07) is 8.26. The number of fused-ring (bicyclic) bond motifs is 1. The second-order valence-corrected chi connectivity index (χ2v) is 4.75. The molecule has 17 heavy (non-hydrogen) atoms. The minimum atomic E-state index is 0.830. The molecule has 1 atom stereocenters. The Balaban J connectivity index is 1.72. The lowest BCUT2D eigenvalue weighted by molar-refractivity contribution is 0.529. The van der Waals surface area contributed by atoms with E-state index >= 15 is 0 Å². The van der Waals surface area contributed by atoms with Gasteiger partial charge in [-0.05, 0) is 62.5 Å². The molecule has 3 nitrogen and oxygen atoms in total. The van der Waals surface area contributed by atoms with Gasteiger partial charge < -0.3 is 5.32 Å². The molecule has 1 N–H and O–H groups in total. The SMILES string of the molecule is c1cnc2nc(CCC3CCNC3)ccc2c1. The highest BCUT2D eigenvalue weighted by atomic mass is 14.9. The predicted molar refractivity (Wildman–Crippen MR) is 68.8 cm³/mol. The first kappa shape index (κ1) is 10.7. The number of rotatable bonds is 3. The van der Waals surface area contributed by atoms with Crippen LogP contribution in [0, 0.1) is 5.92 Å². The lowest BCUT2D eigenvalue weighted by Gasteiger charge is -2.07. The molecule has 0 saturated carbocycles. The summed E-state index contributed by atoms with van der Waals surface area (Å²) in [6.45, 7) is 2.35. The molecule has 3 rings (SSSR count). The van der Waals surface area contributed by atoms with Crippen LogP contribution >= 0.6 is 0 Å². The number of aromatic nitrogens is 2. The fourth-order valence-corrected chi connectivity index (χ4v) is 2.44. The molecule has 1 unspecified atom stereocenters. The minimum absolute atomic E-state index is 0.830. The third kappa shape index (κ3) is 2.44. The molecule has 1 aliphatic heterocycles. The van der Waals surface area contributed by atoms with Gasteiger partial charge in [-0.3, -0.25) is 0 Å². The van der Waals surface area contributed by atoms with Crippen molar-refractivity contribution in [2.24, 2.45) is 5.92 Å². The molecule has 1 saturated heterocycles. The van der Waals surface area contributed by atoms with E-state index in [-0.39, 0.29) is 0 Å². The van der Waals surface area contributed by atoms with Crippen molar-refractivity contribution >= 4 is 11.0 Å². The Morgan fingerprint density at radius 3 is 3.18 bits per heavy atom. The molecule has 1 aliphatic rings. The van der Waals surface area contributed by atoms with E-state index < -0.39 is 0 Å². The Morgan fingerprint density at radius 1 is 1.29 bits per heavy atom. The second-order valence-electron chi connectivity index (χ2n) is 4.75. The zero-order chi connectivity index (χ0) is 11.5. The molecule has 0 bridgehead atoms. The van der Waals surface area contributed by atoms with Crippen LogP contribution in [0.4, 0.5) is 0 Å². The fourth-order valence-electron chi connectivity index (χ4n) is 2.44. The summed E-state index contributed by atoms with van der Waals surface area (Å²) >= 11 is 0. The van der Waals surface area contributed by atoms with Crippen molar-refractivity contribution < 1.29 is 0 Å². The van der Waals surface area contributed by atoms with Gasteiger partial charge in [-0.15, -0.1) is 0 Å². The Hall–Kier alpha value is -1.48. The van der Waals surface area contributed by atoms with Crippen molar-refractivity contribution in [2.45, 2.75) is 19.3 Å².